The number of carbonyl (C=O) groups excluding carboxylic acids is 1. The molecule has 3 rings (SSSR count). The first-order chi connectivity index (χ1) is 11.7. The lowest BCUT2D eigenvalue weighted by Crippen LogP contribution is -2.29. The van der Waals surface area contributed by atoms with Crippen LogP contribution in [0.25, 0.3) is 11.5 Å². The quantitative estimate of drug-likeness (QED) is 0.667. The van der Waals surface area contributed by atoms with Crippen molar-refractivity contribution in [3.05, 3.63) is 66.1 Å². The Labute approximate surface area is 139 Å². The highest BCUT2D eigenvalue weighted by Crippen LogP contribution is 2.20. The largest absolute Gasteiger partial charge is 0.461 e. The predicted molar refractivity (Wildman–Crippen MR) is 86.8 cm³/mol. The van der Waals surface area contributed by atoms with E-state index in [0.29, 0.717) is 23.8 Å². The highest BCUT2D eigenvalue weighted by Gasteiger charge is 2.12. The third-order valence-corrected chi connectivity index (χ3v) is 3.49. The Morgan fingerprint density at radius 3 is 2.75 bits per heavy atom. The SMILES string of the molecule is CN(Cc1ccccc1)C(=O)COCc1cc(-c2ccco2)on1. The third kappa shape index (κ3) is 4.11. The van der Waals surface area contributed by atoms with Crippen LogP contribution in [0.2, 0.25) is 0 Å². The van der Waals surface area contributed by atoms with E-state index in [0.717, 1.165) is 5.56 Å². The van der Waals surface area contributed by atoms with E-state index in [1.54, 1.807) is 36.4 Å². The number of rotatable bonds is 7. The van der Waals surface area contributed by atoms with E-state index in [-0.39, 0.29) is 19.1 Å². The monoisotopic (exact) mass is 326 g/mol. The van der Waals surface area contributed by atoms with Crippen molar-refractivity contribution >= 4 is 5.91 Å². The molecular formula is C18H18N2O4. The molecular weight excluding hydrogens is 308 g/mol. The van der Waals surface area contributed by atoms with Gasteiger partial charge in [0.15, 0.2) is 5.76 Å². The molecule has 0 bridgehead atoms. The van der Waals surface area contributed by atoms with Crippen LogP contribution >= 0.6 is 0 Å². The summed E-state index contributed by atoms with van der Waals surface area (Å²) in [5, 5.41) is 3.90. The molecule has 0 spiro atoms. The van der Waals surface area contributed by atoms with Crippen LogP contribution in [0.1, 0.15) is 11.3 Å². The Bertz CT molecular complexity index is 765. The molecule has 2 heterocycles. The number of aromatic nitrogens is 1. The Hall–Kier alpha value is -2.86. The van der Waals surface area contributed by atoms with E-state index >= 15 is 0 Å². The number of hydrogen-bond acceptors (Lipinski definition) is 5. The number of furan rings is 1. The van der Waals surface area contributed by atoms with Crippen molar-refractivity contribution in [3.63, 3.8) is 0 Å². The van der Waals surface area contributed by atoms with E-state index in [9.17, 15) is 4.79 Å². The molecule has 1 amide bonds. The topological polar surface area (TPSA) is 68.7 Å². The molecule has 0 N–H and O–H groups in total. The molecule has 0 saturated carbocycles. The molecule has 0 saturated heterocycles. The molecule has 0 aliphatic carbocycles. The minimum atomic E-state index is -0.0893. The number of hydrogen-bond donors (Lipinski definition) is 0. The first kappa shape index (κ1) is 16.0. The van der Waals surface area contributed by atoms with Crippen molar-refractivity contribution in [2.75, 3.05) is 13.7 Å². The fourth-order valence-corrected chi connectivity index (χ4v) is 2.21. The molecule has 0 fully saturated rings. The number of ether oxygens (including phenoxy) is 1. The van der Waals surface area contributed by atoms with Gasteiger partial charge in [-0.05, 0) is 17.7 Å². The second-order valence-corrected chi connectivity index (χ2v) is 5.39. The minimum absolute atomic E-state index is 0.00766. The van der Waals surface area contributed by atoms with Crippen LogP contribution in [0.3, 0.4) is 0 Å². The van der Waals surface area contributed by atoms with E-state index in [4.69, 9.17) is 13.7 Å². The third-order valence-electron chi connectivity index (χ3n) is 3.49. The van der Waals surface area contributed by atoms with Crippen LogP contribution in [-0.4, -0.2) is 29.6 Å². The summed E-state index contributed by atoms with van der Waals surface area (Å²) in [5.41, 5.74) is 1.69. The van der Waals surface area contributed by atoms with Crippen molar-refractivity contribution in [2.24, 2.45) is 0 Å². The predicted octanol–water partition coefficient (Wildman–Crippen LogP) is 3.11. The molecule has 0 unspecified atom stereocenters. The molecule has 2 aromatic heterocycles. The maximum atomic E-state index is 12.1. The second-order valence-electron chi connectivity index (χ2n) is 5.39. The molecule has 24 heavy (non-hydrogen) atoms. The first-order valence-electron chi connectivity index (χ1n) is 7.57. The molecule has 6 heteroatoms. The highest BCUT2D eigenvalue weighted by molar-refractivity contribution is 5.77. The van der Waals surface area contributed by atoms with Gasteiger partial charge in [-0.25, -0.2) is 0 Å². The summed E-state index contributed by atoms with van der Waals surface area (Å²) in [6, 6.07) is 15.1. The van der Waals surface area contributed by atoms with E-state index in [2.05, 4.69) is 5.16 Å². The zero-order valence-electron chi connectivity index (χ0n) is 13.3. The molecule has 0 radical (unpaired) electrons. The summed E-state index contributed by atoms with van der Waals surface area (Å²) in [6.45, 7) is 0.747. The number of amides is 1. The average molecular weight is 326 g/mol. The number of likely N-dealkylation sites (N-methyl/N-ethyl adjacent to an activating group) is 1. The smallest absolute Gasteiger partial charge is 0.248 e. The summed E-state index contributed by atoms with van der Waals surface area (Å²) in [4.78, 5) is 13.7. The lowest BCUT2D eigenvalue weighted by atomic mass is 10.2. The highest BCUT2D eigenvalue weighted by atomic mass is 16.5. The summed E-state index contributed by atoms with van der Waals surface area (Å²) in [7, 11) is 1.75. The Morgan fingerprint density at radius 1 is 1.17 bits per heavy atom. The van der Waals surface area contributed by atoms with Gasteiger partial charge >= 0.3 is 0 Å². The van der Waals surface area contributed by atoms with Crippen LogP contribution < -0.4 is 0 Å². The first-order valence-corrected chi connectivity index (χ1v) is 7.57. The summed E-state index contributed by atoms with van der Waals surface area (Å²) >= 11 is 0. The van der Waals surface area contributed by atoms with Crippen LogP contribution in [0.15, 0.2) is 63.7 Å². The maximum Gasteiger partial charge on any atom is 0.248 e. The molecule has 3 aromatic rings. The Balaban J connectivity index is 1.45. The van der Waals surface area contributed by atoms with Crippen molar-refractivity contribution in [2.45, 2.75) is 13.2 Å². The van der Waals surface area contributed by atoms with E-state index < -0.39 is 0 Å². The van der Waals surface area contributed by atoms with Crippen molar-refractivity contribution in [1.82, 2.24) is 10.1 Å². The van der Waals surface area contributed by atoms with Gasteiger partial charge in [0.2, 0.25) is 11.7 Å². The zero-order chi connectivity index (χ0) is 16.8. The van der Waals surface area contributed by atoms with Gasteiger partial charge in [-0.15, -0.1) is 0 Å². The molecule has 1 aromatic carbocycles. The van der Waals surface area contributed by atoms with Crippen molar-refractivity contribution < 1.29 is 18.5 Å². The second kappa shape index (κ2) is 7.61. The molecule has 0 atom stereocenters. The average Bonchev–Trinajstić information content (AvgIpc) is 3.27. The Kier molecular flexibility index (Phi) is 5.08. The van der Waals surface area contributed by atoms with Crippen LogP contribution in [0.5, 0.6) is 0 Å². The molecule has 0 aliphatic rings. The van der Waals surface area contributed by atoms with Crippen LogP contribution in [0.4, 0.5) is 0 Å². The van der Waals surface area contributed by atoms with Gasteiger partial charge in [-0.3, -0.25) is 4.79 Å². The fourth-order valence-electron chi connectivity index (χ4n) is 2.21. The van der Waals surface area contributed by atoms with Crippen LogP contribution in [0, 0.1) is 0 Å². The Morgan fingerprint density at radius 2 is 2.00 bits per heavy atom. The summed E-state index contributed by atoms with van der Waals surface area (Å²) in [6.07, 6.45) is 1.56. The van der Waals surface area contributed by atoms with Crippen LogP contribution in [-0.2, 0) is 22.7 Å². The molecule has 124 valence electrons. The maximum absolute atomic E-state index is 12.1. The van der Waals surface area contributed by atoms with Gasteiger partial charge in [0.25, 0.3) is 0 Å². The summed E-state index contributed by atoms with van der Waals surface area (Å²) in [5.74, 6) is 1.05. The van der Waals surface area contributed by atoms with Crippen molar-refractivity contribution in [3.8, 4) is 11.5 Å². The fraction of sp³-hybridized carbons (Fsp3) is 0.222. The summed E-state index contributed by atoms with van der Waals surface area (Å²) < 4.78 is 15.8. The van der Waals surface area contributed by atoms with Gasteiger partial charge in [0.05, 0.1) is 12.9 Å². The van der Waals surface area contributed by atoms with Gasteiger partial charge in [-0.1, -0.05) is 35.5 Å². The lowest BCUT2D eigenvalue weighted by Gasteiger charge is -2.17. The molecule has 0 aliphatic heterocycles. The van der Waals surface area contributed by atoms with E-state index in [1.807, 2.05) is 30.3 Å². The van der Waals surface area contributed by atoms with Gasteiger partial charge in [0, 0.05) is 19.7 Å². The standard InChI is InChI=1S/C18H18N2O4/c1-20(11-14-6-3-2-4-7-14)18(21)13-22-12-15-10-17(24-19-15)16-8-5-9-23-16/h2-10H,11-13H2,1H3. The number of benzene rings is 1. The number of nitrogens with zero attached hydrogens (tertiary/aromatic N) is 2. The van der Waals surface area contributed by atoms with Crippen molar-refractivity contribution in [1.29, 1.82) is 0 Å². The van der Waals surface area contributed by atoms with Gasteiger partial charge in [-0.2, -0.15) is 0 Å². The van der Waals surface area contributed by atoms with E-state index in [1.165, 1.54) is 0 Å². The van der Waals surface area contributed by atoms with Gasteiger partial charge < -0.3 is 18.6 Å². The lowest BCUT2D eigenvalue weighted by molar-refractivity contribution is -0.135. The number of carbonyl (C=O) groups is 1. The minimum Gasteiger partial charge on any atom is -0.461 e. The zero-order valence-corrected chi connectivity index (χ0v) is 13.3. The normalized spacial score (nSPS) is 10.7. The molecule has 6 nitrogen and oxygen atoms in total. The van der Waals surface area contributed by atoms with Gasteiger partial charge in [0.1, 0.15) is 12.3 Å².